The summed E-state index contributed by atoms with van der Waals surface area (Å²) in [5.41, 5.74) is 2.60. The van der Waals surface area contributed by atoms with Crippen LogP contribution in [-0.4, -0.2) is 5.78 Å². The molecule has 0 heterocycles. The number of carbonyl (C=O) groups is 1. The Hall–Kier alpha value is -0.850. The van der Waals surface area contributed by atoms with Gasteiger partial charge in [0.15, 0.2) is 0 Å². The lowest BCUT2D eigenvalue weighted by Gasteiger charge is -2.10. The fourth-order valence-corrected chi connectivity index (χ4v) is 1.36. The minimum atomic E-state index is 0.273. The van der Waals surface area contributed by atoms with Crippen LogP contribution < -0.4 is 0 Å². The van der Waals surface area contributed by atoms with Crippen molar-refractivity contribution in [3.63, 3.8) is 0 Å². The Kier molecular flexibility index (Phi) is 2.64. The quantitative estimate of drug-likeness (QED) is 0.591. The lowest BCUT2D eigenvalue weighted by atomic mass is 9.95. The molecular formula is C10H14O. The molecule has 1 heteroatoms. The van der Waals surface area contributed by atoms with E-state index in [-0.39, 0.29) is 5.78 Å². The van der Waals surface area contributed by atoms with Crippen LogP contribution in [0.2, 0.25) is 0 Å². The first-order valence-electron chi connectivity index (χ1n) is 4.05. The van der Waals surface area contributed by atoms with E-state index in [1.165, 1.54) is 11.1 Å². The zero-order chi connectivity index (χ0) is 8.27. The smallest absolute Gasteiger partial charge is 0.133 e. The third-order valence-electron chi connectivity index (χ3n) is 2.00. The van der Waals surface area contributed by atoms with Gasteiger partial charge in [-0.05, 0) is 26.7 Å². The third-order valence-corrected chi connectivity index (χ3v) is 2.00. The van der Waals surface area contributed by atoms with Crippen molar-refractivity contribution in [2.75, 3.05) is 0 Å². The molecule has 0 aliphatic heterocycles. The number of rotatable bonds is 2. The van der Waals surface area contributed by atoms with Gasteiger partial charge in [-0.25, -0.2) is 0 Å². The standard InChI is InChI=1S/C10H14O/c1-8-5-3-4-6-10(8)7-9(2)11/h3,5H,4,6-7H2,1-2H3. The molecule has 1 nitrogen and oxygen atoms in total. The molecule has 0 unspecified atom stereocenters. The highest BCUT2D eigenvalue weighted by Gasteiger charge is 2.06. The van der Waals surface area contributed by atoms with E-state index in [9.17, 15) is 4.79 Å². The molecule has 0 atom stereocenters. The Morgan fingerprint density at radius 1 is 1.64 bits per heavy atom. The maximum Gasteiger partial charge on any atom is 0.133 e. The fraction of sp³-hybridized carbons (Fsp3) is 0.500. The molecule has 0 aromatic rings. The fourth-order valence-electron chi connectivity index (χ4n) is 1.36. The number of allylic oxidation sites excluding steroid dienone is 4. The molecule has 0 N–H and O–H groups in total. The summed E-state index contributed by atoms with van der Waals surface area (Å²) in [6.45, 7) is 3.73. The van der Waals surface area contributed by atoms with Crippen molar-refractivity contribution in [1.29, 1.82) is 0 Å². The zero-order valence-electron chi connectivity index (χ0n) is 7.18. The van der Waals surface area contributed by atoms with Gasteiger partial charge in [0.05, 0.1) is 0 Å². The van der Waals surface area contributed by atoms with Crippen LogP contribution in [0.1, 0.15) is 33.1 Å². The van der Waals surface area contributed by atoms with Gasteiger partial charge in [0.2, 0.25) is 0 Å². The van der Waals surface area contributed by atoms with E-state index in [0.29, 0.717) is 6.42 Å². The molecule has 1 aliphatic rings. The first-order chi connectivity index (χ1) is 5.20. The van der Waals surface area contributed by atoms with Crippen molar-refractivity contribution in [1.82, 2.24) is 0 Å². The monoisotopic (exact) mass is 150 g/mol. The average Bonchev–Trinajstić information content (AvgIpc) is 1.93. The van der Waals surface area contributed by atoms with Crippen molar-refractivity contribution in [2.24, 2.45) is 0 Å². The molecule has 0 saturated carbocycles. The summed E-state index contributed by atoms with van der Waals surface area (Å²) in [5.74, 6) is 0.273. The summed E-state index contributed by atoms with van der Waals surface area (Å²) >= 11 is 0. The maximum atomic E-state index is 10.8. The lowest BCUT2D eigenvalue weighted by Crippen LogP contribution is -1.98. The van der Waals surface area contributed by atoms with Gasteiger partial charge in [-0.3, -0.25) is 4.79 Å². The van der Waals surface area contributed by atoms with Crippen LogP contribution in [0.15, 0.2) is 23.3 Å². The van der Waals surface area contributed by atoms with Gasteiger partial charge >= 0.3 is 0 Å². The normalized spacial score (nSPS) is 17.3. The van der Waals surface area contributed by atoms with Gasteiger partial charge in [0, 0.05) is 6.42 Å². The van der Waals surface area contributed by atoms with Crippen molar-refractivity contribution in [2.45, 2.75) is 33.1 Å². The van der Waals surface area contributed by atoms with E-state index in [4.69, 9.17) is 0 Å². The summed E-state index contributed by atoms with van der Waals surface area (Å²) in [4.78, 5) is 10.8. The van der Waals surface area contributed by atoms with Crippen LogP contribution in [0.4, 0.5) is 0 Å². The van der Waals surface area contributed by atoms with Crippen LogP contribution >= 0.6 is 0 Å². The number of hydrogen-bond acceptors (Lipinski definition) is 1. The highest BCUT2D eigenvalue weighted by Crippen LogP contribution is 2.21. The topological polar surface area (TPSA) is 17.1 Å². The minimum absolute atomic E-state index is 0.273. The second-order valence-corrected chi connectivity index (χ2v) is 3.11. The van der Waals surface area contributed by atoms with Gasteiger partial charge in [-0.1, -0.05) is 23.3 Å². The molecule has 0 saturated heterocycles. The molecule has 60 valence electrons. The van der Waals surface area contributed by atoms with E-state index < -0.39 is 0 Å². The van der Waals surface area contributed by atoms with E-state index in [0.717, 1.165) is 12.8 Å². The minimum Gasteiger partial charge on any atom is -0.300 e. The molecule has 0 aromatic heterocycles. The summed E-state index contributed by atoms with van der Waals surface area (Å²) in [6, 6.07) is 0. The number of ketones is 1. The zero-order valence-corrected chi connectivity index (χ0v) is 7.18. The van der Waals surface area contributed by atoms with Gasteiger partial charge in [0.1, 0.15) is 5.78 Å². The van der Waals surface area contributed by atoms with Crippen LogP contribution in [0.5, 0.6) is 0 Å². The predicted octanol–water partition coefficient (Wildman–Crippen LogP) is 2.63. The molecule has 1 rings (SSSR count). The average molecular weight is 150 g/mol. The first kappa shape index (κ1) is 8.25. The number of Topliss-reactive ketones (excluding diaryl/α,β-unsaturated/α-hetero) is 1. The summed E-state index contributed by atoms with van der Waals surface area (Å²) in [5, 5.41) is 0. The Balaban J connectivity index is 2.67. The van der Waals surface area contributed by atoms with Gasteiger partial charge < -0.3 is 0 Å². The largest absolute Gasteiger partial charge is 0.300 e. The summed E-state index contributed by atoms with van der Waals surface area (Å²) in [7, 11) is 0. The Bertz CT molecular complexity index is 221. The summed E-state index contributed by atoms with van der Waals surface area (Å²) < 4.78 is 0. The highest BCUT2D eigenvalue weighted by molar-refractivity contribution is 5.78. The first-order valence-corrected chi connectivity index (χ1v) is 4.05. The Morgan fingerprint density at radius 2 is 2.36 bits per heavy atom. The summed E-state index contributed by atoms with van der Waals surface area (Å²) in [6.07, 6.45) is 7.10. The van der Waals surface area contributed by atoms with E-state index >= 15 is 0 Å². The SMILES string of the molecule is CC(=O)CC1=C(C)C=CCC1. The van der Waals surface area contributed by atoms with Crippen LogP contribution in [0.3, 0.4) is 0 Å². The van der Waals surface area contributed by atoms with Crippen LogP contribution in [0.25, 0.3) is 0 Å². The van der Waals surface area contributed by atoms with Crippen molar-refractivity contribution < 1.29 is 4.79 Å². The van der Waals surface area contributed by atoms with Crippen LogP contribution in [-0.2, 0) is 4.79 Å². The van der Waals surface area contributed by atoms with Crippen molar-refractivity contribution in [3.8, 4) is 0 Å². The molecule has 1 aliphatic carbocycles. The molecular weight excluding hydrogens is 136 g/mol. The molecule has 0 spiro atoms. The molecule has 11 heavy (non-hydrogen) atoms. The molecule has 0 amide bonds. The van der Waals surface area contributed by atoms with E-state index in [1.807, 2.05) is 0 Å². The van der Waals surface area contributed by atoms with E-state index in [2.05, 4.69) is 19.1 Å². The number of carbonyl (C=O) groups excluding carboxylic acids is 1. The van der Waals surface area contributed by atoms with Gasteiger partial charge in [-0.2, -0.15) is 0 Å². The van der Waals surface area contributed by atoms with Crippen molar-refractivity contribution in [3.05, 3.63) is 23.3 Å². The maximum absolute atomic E-state index is 10.8. The van der Waals surface area contributed by atoms with Gasteiger partial charge in [-0.15, -0.1) is 0 Å². The molecule has 0 bridgehead atoms. The highest BCUT2D eigenvalue weighted by atomic mass is 16.1. The lowest BCUT2D eigenvalue weighted by molar-refractivity contribution is -0.116. The van der Waals surface area contributed by atoms with Crippen molar-refractivity contribution >= 4 is 5.78 Å². The second kappa shape index (κ2) is 3.51. The van der Waals surface area contributed by atoms with Crippen LogP contribution in [0, 0.1) is 0 Å². The Morgan fingerprint density at radius 3 is 2.91 bits per heavy atom. The predicted molar refractivity (Wildman–Crippen MR) is 46.4 cm³/mol. The number of hydrogen-bond donors (Lipinski definition) is 0. The second-order valence-electron chi connectivity index (χ2n) is 3.11. The molecule has 0 fully saturated rings. The van der Waals surface area contributed by atoms with E-state index in [1.54, 1.807) is 6.92 Å². The Labute approximate surface area is 67.8 Å². The molecule has 0 aromatic carbocycles. The third kappa shape index (κ3) is 2.34. The van der Waals surface area contributed by atoms with Gasteiger partial charge in [0.25, 0.3) is 0 Å². The molecule has 0 radical (unpaired) electrons.